The zero-order valence-corrected chi connectivity index (χ0v) is 9.77. The third-order valence-electron chi connectivity index (χ3n) is 2.63. The smallest absolute Gasteiger partial charge is 0.257 e. The molecule has 1 atom stereocenters. The number of hydrogen-bond acceptors (Lipinski definition) is 3. The van der Waals surface area contributed by atoms with Crippen LogP contribution in [0.4, 0.5) is 10.2 Å². The molecule has 1 aromatic heterocycles. The van der Waals surface area contributed by atoms with Gasteiger partial charge >= 0.3 is 0 Å². The van der Waals surface area contributed by atoms with Gasteiger partial charge in [-0.05, 0) is 13.0 Å². The summed E-state index contributed by atoms with van der Waals surface area (Å²) in [4.78, 5) is 11.8. The van der Waals surface area contributed by atoms with E-state index in [0.717, 1.165) is 0 Å². The van der Waals surface area contributed by atoms with Crippen LogP contribution in [0.25, 0.3) is 0 Å². The van der Waals surface area contributed by atoms with E-state index in [0.29, 0.717) is 5.56 Å². The molecule has 1 aromatic carbocycles. The Bertz CT molecular complexity index is 567. The van der Waals surface area contributed by atoms with Crippen molar-refractivity contribution in [2.24, 2.45) is 0 Å². The van der Waals surface area contributed by atoms with Crippen LogP contribution in [0.5, 0.6) is 0 Å². The second kappa shape index (κ2) is 4.87. The second-order valence-corrected chi connectivity index (χ2v) is 3.91. The lowest BCUT2D eigenvalue weighted by molar-refractivity contribution is 0.0940. The lowest BCUT2D eigenvalue weighted by Gasteiger charge is -2.14. The number of anilines is 1. The standard InChI is InChI=1S/C12H13FN4O/c1-7(8-4-2-3-5-10(8)13)16-12(18)9-6-15-17-11(9)14/h2-7H,1H3,(H,16,18)(H3,14,15,17). The second-order valence-electron chi connectivity index (χ2n) is 3.91. The first-order valence-electron chi connectivity index (χ1n) is 5.43. The van der Waals surface area contributed by atoms with Crippen molar-refractivity contribution in [1.82, 2.24) is 15.5 Å². The number of amides is 1. The van der Waals surface area contributed by atoms with Gasteiger partial charge in [0.25, 0.3) is 5.91 Å². The van der Waals surface area contributed by atoms with Gasteiger partial charge in [0.1, 0.15) is 17.2 Å². The monoisotopic (exact) mass is 248 g/mol. The number of H-pyrrole nitrogens is 1. The Labute approximate surface area is 103 Å². The van der Waals surface area contributed by atoms with Crippen molar-refractivity contribution in [1.29, 1.82) is 0 Å². The van der Waals surface area contributed by atoms with Crippen LogP contribution in [0.15, 0.2) is 30.5 Å². The lowest BCUT2D eigenvalue weighted by Crippen LogP contribution is -2.27. The van der Waals surface area contributed by atoms with Gasteiger partial charge in [-0.3, -0.25) is 9.89 Å². The summed E-state index contributed by atoms with van der Waals surface area (Å²) in [5, 5.41) is 8.78. The molecule has 0 aliphatic heterocycles. The zero-order valence-electron chi connectivity index (χ0n) is 9.77. The number of nitrogen functional groups attached to an aromatic ring is 1. The maximum atomic E-state index is 13.5. The molecule has 0 spiro atoms. The van der Waals surface area contributed by atoms with Crippen molar-refractivity contribution in [2.75, 3.05) is 5.73 Å². The van der Waals surface area contributed by atoms with Crippen LogP contribution in [-0.2, 0) is 0 Å². The van der Waals surface area contributed by atoms with Crippen LogP contribution < -0.4 is 11.1 Å². The van der Waals surface area contributed by atoms with Gasteiger partial charge in [0.2, 0.25) is 0 Å². The number of aromatic amines is 1. The largest absolute Gasteiger partial charge is 0.383 e. The number of rotatable bonds is 3. The number of hydrogen-bond donors (Lipinski definition) is 3. The van der Waals surface area contributed by atoms with Crippen molar-refractivity contribution in [2.45, 2.75) is 13.0 Å². The van der Waals surface area contributed by atoms with Gasteiger partial charge < -0.3 is 11.1 Å². The number of nitrogens with zero attached hydrogens (tertiary/aromatic N) is 1. The molecule has 0 radical (unpaired) electrons. The molecule has 18 heavy (non-hydrogen) atoms. The quantitative estimate of drug-likeness (QED) is 0.771. The summed E-state index contributed by atoms with van der Waals surface area (Å²) in [5.41, 5.74) is 6.21. The first-order chi connectivity index (χ1) is 8.59. The number of benzene rings is 1. The Kier molecular flexibility index (Phi) is 3.27. The molecule has 94 valence electrons. The van der Waals surface area contributed by atoms with Crippen LogP contribution in [-0.4, -0.2) is 16.1 Å². The summed E-state index contributed by atoms with van der Waals surface area (Å²) in [6, 6.07) is 5.84. The Hall–Kier alpha value is -2.37. The SMILES string of the molecule is CC(NC(=O)c1cn[nH]c1N)c1ccccc1F. The van der Waals surface area contributed by atoms with Crippen molar-refractivity contribution in [3.8, 4) is 0 Å². The Morgan fingerprint density at radius 3 is 2.83 bits per heavy atom. The molecule has 2 rings (SSSR count). The molecule has 1 heterocycles. The number of nitrogens with one attached hydrogen (secondary N) is 2. The molecule has 2 aromatic rings. The minimum Gasteiger partial charge on any atom is -0.383 e. The number of aromatic nitrogens is 2. The van der Waals surface area contributed by atoms with Crippen LogP contribution in [0.3, 0.4) is 0 Å². The van der Waals surface area contributed by atoms with Crippen molar-refractivity contribution < 1.29 is 9.18 Å². The molecule has 6 heteroatoms. The highest BCUT2D eigenvalue weighted by molar-refractivity contribution is 5.98. The fraction of sp³-hybridized carbons (Fsp3) is 0.167. The number of nitrogens with two attached hydrogens (primary N) is 1. The van der Waals surface area contributed by atoms with E-state index in [4.69, 9.17) is 5.73 Å². The van der Waals surface area contributed by atoms with Crippen LogP contribution >= 0.6 is 0 Å². The molecule has 0 bridgehead atoms. The Morgan fingerprint density at radius 2 is 2.22 bits per heavy atom. The van der Waals surface area contributed by atoms with E-state index in [1.54, 1.807) is 25.1 Å². The Morgan fingerprint density at radius 1 is 1.50 bits per heavy atom. The molecule has 0 aliphatic carbocycles. The Balaban J connectivity index is 2.13. The van der Waals surface area contributed by atoms with E-state index in [1.807, 2.05) is 0 Å². The summed E-state index contributed by atoms with van der Waals surface area (Å²) in [7, 11) is 0. The van der Waals surface area contributed by atoms with Gasteiger partial charge in [0.05, 0.1) is 12.2 Å². The summed E-state index contributed by atoms with van der Waals surface area (Å²) >= 11 is 0. The van der Waals surface area contributed by atoms with Crippen molar-refractivity contribution >= 4 is 11.7 Å². The molecule has 1 amide bonds. The van der Waals surface area contributed by atoms with E-state index < -0.39 is 11.9 Å². The number of carbonyl (C=O) groups excluding carboxylic acids is 1. The van der Waals surface area contributed by atoms with Crippen molar-refractivity contribution in [3.05, 3.63) is 47.4 Å². The van der Waals surface area contributed by atoms with Gasteiger partial charge in [-0.1, -0.05) is 18.2 Å². The maximum Gasteiger partial charge on any atom is 0.257 e. The van der Waals surface area contributed by atoms with Gasteiger partial charge in [0, 0.05) is 5.56 Å². The highest BCUT2D eigenvalue weighted by Crippen LogP contribution is 2.17. The van der Waals surface area contributed by atoms with Gasteiger partial charge in [-0.15, -0.1) is 0 Å². The van der Waals surface area contributed by atoms with E-state index in [-0.39, 0.29) is 17.2 Å². The normalized spacial score (nSPS) is 12.1. The van der Waals surface area contributed by atoms with Crippen LogP contribution in [0.1, 0.15) is 28.9 Å². The molecular weight excluding hydrogens is 235 g/mol. The highest BCUT2D eigenvalue weighted by atomic mass is 19.1. The molecule has 5 nitrogen and oxygen atoms in total. The minimum atomic E-state index is -0.451. The average Bonchev–Trinajstić information content (AvgIpc) is 2.76. The van der Waals surface area contributed by atoms with Crippen LogP contribution in [0, 0.1) is 5.82 Å². The highest BCUT2D eigenvalue weighted by Gasteiger charge is 2.16. The van der Waals surface area contributed by atoms with E-state index in [2.05, 4.69) is 15.5 Å². The average molecular weight is 248 g/mol. The van der Waals surface area contributed by atoms with Crippen molar-refractivity contribution in [3.63, 3.8) is 0 Å². The molecule has 4 N–H and O–H groups in total. The third kappa shape index (κ3) is 2.32. The fourth-order valence-electron chi connectivity index (χ4n) is 1.66. The molecular formula is C12H13FN4O. The van der Waals surface area contributed by atoms with Gasteiger partial charge in [-0.25, -0.2) is 4.39 Å². The first kappa shape index (κ1) is 12.1. The predicted octanol–water partition coefficient (Wildman–Crippen LogP) is 1.62. The molecule has 1 unspecified atom stereocenters. The first-order valence-corrected chi connectivity index (χ1v) is 5.43. The van der Waals surface area contributed by atoms with E-state index in [1.165, 1.54) is 12.3 Å². The lowest BCUT2D eigenvalue weighted by atomic mass is 10.1. The molecule has 0 fully saturated rings. The zero-order chi connectivity index (χ0) is 13.1. The summed E-state index contributed by atoms with van der Waals surface area (Å²) in [5.74, 6) is -0.560. The van der Waals surface area contributed by atoms with E-state index in [9.17, 15) is 9.18 Å². The summed E-state index contributed by atoms with van der Waals surface area (Å²) < 4.78 is 13.5. The molecule has 0 saturated carbocycles. The number of halogens is 1. The topological polar surface area (TPSA) is 83.8 Å². The van der Waals surface area contributed by atoms with Crippen LogP contribution in [0.2, 0.25) is 0 Å². The van der Waals surface area contributed by atoms with Gasteiger partial charge in [-0.2, -0.15) is 5.10 Å². The third-order valence-corrected chi connectivity index (χ3v) is 2.63. The minimum absolute atomic E-state index is 0.188. The number of carbonyl (C=O) groups is 1. The fourth-order valence-corrected chi connectivity index (χ4v) is 1.66. The summed E-state index contributed by atoms with van der Waals surface area (Å²) in [6.45, 7) is 1.70. The predicted molar refractivity (Wildman–Crippen MR) is 65.3 cm³/mol. The molecule has 0 aliphatic rings. The van der Waals surface area contributed by atoms with E-state index >= 15 is 0 Å². The molecule has 0 saturated heterocycles. The maximum absolute atomic E-state index is 13.5. The summed E-state index contributed by atoms with van der Waals surface area (Å²) in [6.07, 6.45) is 1.33. The van der Waals surface area contributed by atoms with Gasteiger partial charge in [0.15, 0.2) is 0 Å².